The van der Waals surface area contributed by atoms with Gasteiger partial charge in [0.15, 0.2) is 5.78 Å². The summed E-state index contributed by atoms with van der Waals surface area (Å²) in [6.45, 7) is 4.25. The molecule has 0 bridgehead atoms. The lowest BCUT2D eigenvalue weighted by molar-refractivity contribution is 0.104. The monoisotopic (exact) mass is 188 g/mol. The molecule has 1 aromatic carbocycles. The molecule has 0 saturated carbocycles. The van der Waals surface area contributed by atoms with Crippen LogP contribution in [0.5, 0.6) is 5.75 Å². The summed E-state index contributed by atoms with van der Waals surface area (Å²) in [5, 5.41) is 0. The van der Waals surface area contributed by atoms with Crippen molar-refractivity contribution in [3.8, 4) is 5.75 Å². The van der Waals surface area contributed by atoms with Crippen LogP contribution in [0, 0.1) is 0 Å². The number of ketones is 1. The lowest BCUT2D eigenvalue weighted by atomic mass is 10.0. The summed E-state index contributed by atoms with van der Waals surface area (Å²) in [5.41, 5.74) is 1.83. The van der Waals surface area contributed by atoms with E-state index in [1.54, 1.807) is 6.07 Å². The van der Waals surface area contributed by atoms with Gasteiger partial charge in [-0.2, -0.15) is 0 Å². The van der Waals surface area contributed by atoms with Crippen LogP contribution in [0.25, 0.3) is 0 Å². The first-order valence-corrected chi connectivity index (χ1v) is 4.74. The minimum absolute atomic E-state index is 0.0293. The standard InChI is InChI=1S/C12H12O2/c1-2-11(13)9-5-6-12-10(8-9)4-3-7-14-12/h2,5-6,8H,1,3-4,7H2. The minimum Gasteiger partial charge on any atom is -0.493 e. The van der Waals surface area contributed by atoms with Crippen LogP contribution in [0.4, 0.5) is 0 Å². The second-order valence-corrected chi connectivity index (χ2v) is 3.34. The van der Waals surface area contributed by atoms with Gasteiger partial charge in [0.2, 0.25) is 0 Å². The molecule has 0 unspecified atom stereocenters. The van der Waals surface area contributed by atoms with Crippen LogP contribution in [-0.4, -0.2) is 12.4 Å². The van der Waals surface area contributed by atoms with Crippen LogP contribution in [0.1, 0.15) is 22.3 Å². The van der Waals surface area contributed by atoms with Crippen LogP contribution in [-0.2, 0) is 6.42 Å². The van der Waals surface area contributed by atoms with Gasteiger partial charge in [-0.15, -0.1) is 0 Å². The first kappa shape index (κ1) is 9.00. The number of hydrogen-bond donors (Lipinski definition) is 0. The largest absolute Gasteiger partial charge is 0.493 e. The van der Waals surface area contributed by atoms with Gasteiger partial charge in [0.05, 0.1) is 6.61 Å². The highest BCUT2D eigenvalue weighted by Crippen LogP contribution is 2.25. The Bertz CT molecular complexity index is 380. The second-order valence-electron chi connectivity index (χ2n) is 3.34. The van der Waals surface area contributed by atoms with E-state index in [9.17, 15) is 4.79 Å². The first-order valence-electron chi connectivity index (χ1n) is 4.74. The van der Waals surface area contributed by atoms with E-state index in [2.05, 4.69) is 6.58 Å². The highest BCUT2D eigenvalue weighted by Gasteiger charge is 2.11. The lowest BCUT2D eigenvalue weighted by Gasteiger charge is -2.17. The van der Waals surface area contributed by atoms with Gasteiger partial charge >= 0.3 is 0 Å². The Morgan fingerprint density at radius 3 is 3.14 bits per heavy atom. The van der Waals surface area contributed by atoms with Gasteiger partial charge in [-0.05, 0) is 42.7 Å². The maximum absolute atomic E-state index is 11.3. The average molecular weight is 188 g/mol. The molecule has 0 N–H and O–H groups in total. The van der Waals surface area contributed by atoms with Gasteiger partial charge < -0.3 is 4.74 Å². The summed E-state index contributed by atoms with van der Waals surface area (Å²) in [6.07, 6.45) is 3.36. The molecule has 1 aliphatic heterocycles. The van der Waals surface area contributed by atoms with Gasteiger partial charge in [-0.1, -0.05) is 6.58 Å². The molecule has 0 amide bonds. The van der Waals surface area contributed by atoms with E-state index < -0.39 is 0 Å². The quantitative estimate of drug-likeness (QED) is 0.526. The third-order valence-electron chi connectivity index (χ3n) is 2.38. The number of benzene rings is 1. The van der Waals surface area contributed by atoms with Crippen molar-refractivity contribution in [2.45, 2.75) is 12.8 Å². The van der Waals surface area contributed by atoms with E-state index in [0.717, 1.165) is 30.8 Å². The molecule has 0 saturated heterocycles. The van der Waals surface area contributed by atoms with Crippen molar-refractivity contribution in [3.05, 3.63) is 42.0 Å². The zero-order chi connectivity index (χ0) is 9.97. The average Bonchev–Trinajstić information content (AvgIpc) is 2.27. The van der Waals surface area contributed by atoms with Crippen molar-refractivity contribution >= 4 is 5.78 Å². The molecule has 0 spiro atoms. The molecule has 2 heteroatoms. The number of hydrogen-bond acceptors (Lipinski definition) is 2. The molecular weight excluding hydrogens is 176 g/mol. The third-order valence-corrected chi connectivity index (χ3v) is 2.38. The smallest absolute Gasteiger partial charge is 0.185 e. The van der Waals surface area contributed by atoms with Crippen molar-refractivity contribution in [2.24, 2.45) is 0 Å². The Balaban J connectivity index is 2.38. The van der Waals surface area contributed by atoms with Gasteiger partial charge in [-0.25, -0.2) is 0 Å². The maximum atomic E-state index is 11.3. The number of carbonyl (C=O) groups excluding carboxylic acids is 1. The number of rotatable bonds is 2. The van der Waals surface area contributed by atoms with Crippen molar-refractivity contribution in [1.82, 2.24) is 0 Å². The molecule has 0 fully saturated rings. The van der Waals surface area contributed by atoms with Crippen molar-refractivity contribution in [2.75, 3.05) is 6.61 Å². The summed E-state index contributed by atoms with van der Waals surface area (Å²) in [7, 11) is 0. The Labute approximate surface area is 83.2 Å². The van der Waals surface area contributed by atoms with E-state index in [0.29, 0.717) is 5.56 Å². The number of ether oxygens (including phenoxy) is 1. The topological polar surface area (TPSA) is 26.3 Å². The Morgan fingerprint density at radius 1 is 1.50 bits per heavy atom. The highest BCUT2D eigenvalue weighted by molar-refractivity contribution is 6.04. The molecule has 0 aliphatic carbocycles. The lowest BCUT2D eigenvalue weighted by Crippen LogP contribution is -2.09. The molecule has 2 rings (SSSR count). The molecule has 0 aromatic heterocycles. The molecule has 1 aliphatic rings. The van der Waals surface area contributed by atoms with Crippen LogP contribution in [0.15, 0.2) is 30.9 Å². The van der Waals surface area contributed by atoms with Crippen LogP contribution < -0.4 is 4.74 Å². The fraction of sp³-hybridized carbons (Fsp3) is 0.250. The Kier molecular flexibility index (Phi) is 2.35. The molecule has 2 nitrogen and oxygen atoms in total. The molecule has 1 aromatic rings. The van der Waals surface area contributed by atoms with Crippen LogP contribution in [0.2, 0.25) is 0 Å². The number of allylic oxidation sites excluding steroid dienone is 1. The molecule has 72 valence electrons. The van der Waals surface area contributed by atoms with Crippen molar-refractivity contribution < 1.29 is 9.53 Å². The van der Waals surface area contributed by atoms with Gasteiger partial charge in [-0.3, -0.25) is 4.79 Å². The summed E-state index contributed by atoms with van der Waals surface area (Å²) in [6, 6.07) is 5.55. The van der Waals surface area contributed by atoms with E-state index >= 15 is 0 Å². The molecule has 0 atom stereocenters. The van der Waals surface area contributed by atoms with Gasteiger partial charge in [0, 0.05) is 5.56 Å². The Hall–Kier alpha value is -1.57. The fourth-order valence-electron chi connectivity index (χ4n) is 1.63. The zero-order valence-corrected chi connectivity index (χ0v) is 7.95. The normalized spacial score (nSPS) is 14.0. The van der Waals surface area contributed by atoms with E-state index in [-0.39, 0.29) is 5.78 Å². The maximum Gasteiger partial charge on any atom is 0.185 e. The summed E-state index contributed by atoms with van der Waals surface area (Å²) in [5.74, 6) is 0.884. The first-order chi connectivity index (χ1) is 6.81. The van der Waals surface area contributed by atoms with Crippen molar-refractivity contribution in [1.29, 1.82) is 0 Å². The van der Waals surface area contributed by atoms with Crippen LogP contribution >= 0.6 is 0 Å². The molecule has 1 heterocycles. The zero-order valence-electron chi connectivity index (χ0n) is 7.95. The van der Waals surface area contributed by atoms with E-state index in [1.165, 1.54) is 6.08 Å². The summed E-state index contributed by atoms with van der Waals surface area (Å²) in [4.78, 5) is 11.3. The predicted octanol–water partition coefficient (Wildman–Crippen LogP) is 2.38. The second kappa shape index (κ2) is 3.66. The minimum atomic E-state index is -0.0293. The summed E-state index contributed by atoms with van der Waals surface area (Å²) >= 11 is 0. The predicted molar refractivity (Wildman–Crippen MR) is 54.8 cm³/mol. The molecular formula is C12H12O2. The Morgan fingerprint density at radius 2 is 2.36 bits per heavy atom. The molecule has 14 heavy (non-hydrogen) atoms. The highest BCUT2D eigenvalue weighted by atomic mass is 16.5. The number of aryl methyl sites for hydroxylation is 1. The number of carbonyl (C=O) groups is 1. The fourth-order valence-corrected chi connectivity index (χ4v) is 1.63. The van der Waals surface area contributed by atoms with Gasteiger partial charge in [0.25, 0.3) is 0 Å². The summed E-state index contributed by atoms with van der Waals surface area (Å²) < 4.78 is 5.45. The van der Waals surface area contributed by atoms with E-state index in [4.69, 9.17) is 4.74 Å². The SMILES string of the molecule is C=CC(=O)c1ccc2c(c1)CCCO2. The van der Waals surface area contributed by atoms with E-state index in [1.807, 2.05) is 12.1 Å². The van der Waals surface area contributed by atoms with Crippen molar-refractivity contribution in [3.63, 3.8) is 0 Å². The number of fused-ring (bicyclic) bond motifs is 1. The van der Waals surface area contributed by atoms with Gasteiger partial charge in [0.1, 0.15) is 5.75 Å². The third kappa shape index (κ3) is 1.55. The molecule has 0 radical (unpaired) electrons. The van der Waals surface area contributed by atoms with Crippen LogP contribution in [0.3, 0.4) is 0 Å².